The number of benzene rings is 1. The quantitative estimate of drug-likeness (QED) is 0.576. The third-order valence-corrected chi connectivity index (χ3v) is 3.70. The molecule has 0 aliphatic heterocycles. The Morgan fingerprint density at radius 2 is 2.21 bits per heavy atom. The molecule has 0 radical (unpaired) electrons. The minimum atomic E-state index is -0.398. The number of ketones is 1. The van der Waals surface area contributed by atoms with Crippen molar-refractivity contribution in [2.45, 2.75) is 12.8 Å². The van der Waals surface area contributed by atoms with E-state index in [1.165, 1.54) is 29.5 Å². The predicted octanol–water partition coefficient (Wildman–Crippen LogP) is 4.58. The van der Waals surface area contributed by atoms with Gasteiger partial charge in [0, 0.05) is 6.42 Å². The zero-order chi connectivity index (χ0) is 13.7. The normalized spacial score (nSPS) is 10.4. The fraction of sp³-hybridized carbons (Fsp3) is 0.214. The van der Waals surface area contributed by atoms with Gasteiger partial charge in [-0.1, -0.05) is 17.7 Å². The highest BCUT2D eigenvalue weighted by molar-refractivity contribution is 7.12. The number of Topliss-reactive ketones (excluding diaryl/α,β-unsaturated/α-hetero) is 1. The molecule has 1 heterocycles. The van der Waals surface area contributed by atoms with E-state index >= 15 is 0 Å². The van der Waals surface area contributed by atoms with Gasteiger partial charge < -0.3 is 4.74 Å². The zero-order valence-corrected chi connectivity index (χ0v) is 11.6. The van der Waals surface area contributed by atoms with Gasteiger partial charge in [0.05, 0.1) is 16.5 Å². The summed E-state index contributed by atoms with van der Waals surface area (Å²) >= 11 is 7.26. The van der Waals surface area contributed by atoms with E-state index in [4.69, 9.17) is 16.3 Å². The first-order chi connectivity index (χ1) is 9.16. The molecule has 1 aromatic heterocycles. The molecule has 0 saturated carbocycles. The van der Waals surface area contributed by atoms with Gasteiger partial charge >= 0.3 is 0 Å². The van der Waals surface area contributed by atoms with Crippen molar-refractivity contribution in [3.63, 3.8) is 0 Å². The Bertz CT molecular complexity index is 555. The van der Waals surface area contributed by atoms with Crippen molar-refractivity contribution in [3.05, 3.63) is 51.4 Å². The van der Waals surface area contributed by atoms with Crippen LogP contribution in [0.1, 0.15) is 22.5 Å². The Hall–Kier alpha value is -1.39. The predicted molar refractivity (Wildman–Crippen MR) is 74.8 cm³/mol. The first kappa shape index (κ1) is 14.0. The van der Waals surface area contributed by atoms with E-state index in [1.807, 2.05) is 17.5 Å². The minimum Gasteiger partial charge on any atom is -0.492 e. The smallest absolute Gasteiger partial charge is 0.172 e. The first-order valence-corrected chi connectivity index (χ1v) is 7.07. The van der Waals surface area contributed by atoms with Gasteiger partial charge in [0.15, 0.2) is 5.78 Å². The third-order valence-electron chi connectivity index (χ3n) is 2.50. The van der Waals surface area contributed by atoms with Gasteiger partial charge in [0.2, 0.25) is 0 Å². The molecule has 5 heteroatoms. The van der Waals surface area contributed by atoms with Gasteiger partial charge in [0.25, 0.3) is 0 Å². The SMILES string of the molecule is O=C(CCCOc1ccc(F)cc1Cl)c1cccs1. The second kappa shape index (κ2) is 6.68. The molecule has 2 aromatic rings. The number of hydrogen-bond donors (Lipinski definition) is 0. The number of thiophene rings is 1. The standard InChI is InChI=1S/C14H12ClFO2S/c15-11-9-10(16)5-6-13(11)18-7-1-3-12(17)14-4-2-8-19-14/h2,4-6,8-9H,1,3,7H2. The number of hydrogen-bond acceptors (Lipinski definition) is 3. The lowest BCUT2D eigenvalue weighted by Crippen LogP contribution is -2.03. The molecule has 0 saturated heterocycles. The molecule has 0 aliphatic rings. The second-order valence-electron chi connectivity index (χ2n) is 3.93. The molecule has 0 N–H and O–H groups in total. The van der Waals surface area contributed by atoms with Gasteiger partial charge in [-0.3, -0.25) is 4.79 Å². The van der Waals surface area contributed by atoms with E-state index < -0.39 is 5.82 Å². The van der Waals surface area contributed by atoms with Crippen LogP contribution in [0, 0.1) is 5.82 Å². The Morgan fingerprint density at radius 1 is 1.37 bits per heavy atom. The van der Waals surface area contributed by atoms with Crippen LogP contribution in [-0.2, 0) is 0 Å². The molecule has 0 atom stereocenters. The lowest BCUT2D eigenvalue weighted by Gasteiger charge is -2.07. The fourth-order valence-corrected chi connectivity index (χ4v) is 2.48. The molecule has 0 spiro atoms. The van der Waals surface area contributed by atoms with Crippen LogP contribution in [0.2, 0.25) is 5.02 Å². The molecule has 0 aliphatic carbocycles. The van der Waals surface area contributed by atoms with Crippen molar-refractivity contribution in [2.75, 3.05) is 6.61 Å². The average Bonchev–Trinajstić information content (AvgIpc) is 2.90. The summed E-state index contributed by atoms with van der Waals surface area (Å²) in [4.78, 5) is 12.5. The molecule has 100 valence electrons. The van der Waals surface area contributed by atoms with Gasteiger partial charge in [-0.25, -0.2) is 4.39 Å². The van der Waals surface area contributed by atoms with Crippen molar-refractivity contribution in [3.8, 4) is 5.75 Å². The molecule has 19 heavy (non-hydrogen) atoms. The third kappa shape index (κ3) is 4.04. The van der Waals surface area contributed by atoms with E-state index in [0.29, 0.717) is 25.2 Å². The summed E-state index contributed by atoms with van der Waals surface area (Å²) in [7, 11) is 0. The van der Waals surface area contributed by atoms with Crippen molar-refractivity contribution in [1.82, 2.24) is 0 Å². The van der Waals surface area contributed by atoms with Crippen LogP contribution in [0.25, 0.3) is 0 Å². The maximum absolute atomic E-state index is 12.8. The minimum absolute atomic E-state index is 0.115. The summed E-state index contributed by atoms with van der Waals surface area (Å²) < 4.78 is 18.2. The van der Waals surface area contributed by atoms with Crippen molar-refractivity contribution in [1.29, 1.82) is 0 Å². The highest BCUT2D eigenvalue weighted by Gasteiger charge is 2.07. The molecule has 1 aromatic carbocycles. The molecule has 0 fully saturated rings. The van der Waals surface area contributed by atoms with Crippen molar-refractivity contribution in [2.24, 2.45) is 0 Å². The summed E-state index contributed by atoms with van der Waals surface area (Å²) in [5.41, 5.74) is 0. The topological polar surface area (TPSA) is 26.3 Å². The Morgan fingerprint density at radius 3 is 2.89 bits per heavy atom. The molecular formula is C14H12ClFO2S. The fourth-order valence-electron chi connectivity index (χ4n) is 1.57. The van der Waals surface area contributed by atoms with Gasteiger partial charge in [-0.05, 0) is 36.1 Å². The number of ether oxygens (including phenoxy) is 1. The van der Waals surface area contributed by atoms with E-state index in [0.717, 1.165) is 4.88 Å². The molecule has 0 bridgehead atoms. The van der Waals surface area contributed by atoms with Crippen molar-refractivity contribution < 1.29 is 13.9 Å². The average molecular weight is 299 g/mol. The van der Waals surface area contributed by atoms with Crippen LogP contribution >= 0.6 is 22.9 Å². The maximum Gasteiger partial charge on any atom is 0.172 e. The Labute approximate surface area is 119 Å². The second-order valence-corrected chi connectivity index (χ2v) is 5.28. The first-order valence-electron chi connectivity index (χ1n) is 5.81. The van der Waals surface area contributed by atoms with Crippen molar-refractivity contribution >= 4 is 28.7 Å². The Kier molecular flexibility index (Phi) is 4.93. The lowest BCUT2D eigenvalue weighted by molar-refractivity contribution is 0.0977. The number of rotatable bonds is 6. The van der Waals surface area contributed by atoms with Crippen LogP contribution in [-0.4, -0.2) is 12.4 Å². The summed E-state index contributed by atoms with van der Waals surface area (Å²) in [5.74, 6) is 0.153. The van der Waals surface area contributed by atoms with Crippen LogP contribution in [0.3, 0.4) is 0 Å². The largest absolute Gasteiger partial charge is 0.492 e. The van der Waals surface area contributed by atoms with E-state index in [9.17, 15) is 9.18 Å². The van der Waals surface area contributed by atoms with Crippen LogP contribution in [0.15, 0.2) is 35.7 Å². The summed E-state index contributed by atoms with van der Waals surface area (Å²) in [6, 6.07) is 7.64. The van der Waals surface area contributed by atoms with E-state index in [-0.39, 0.29) is 10.8 Å². The lowest BCUT2D eigenvalue weighted by atomic mass is 10.2. The highest BCUT2D eigenvalue weighted by atomic mass is 35.5. The van der Waals surface area contributed by atoms with Gasteiger partial charge in [0.1, 0.15) is 11.6 Å². The molecule has 0 amide bonds. The molecule has 0 unspecified atom stereocenters. The highest BCUT2D eigenvalue weighted by Crippen LogP contribution is 2.25. The van der Waals surface area contributed by atoms with E-state index in [1.54, 1.807) is 0 Å². The molecule has 2 nitrogen and oxygen atoms in total. The maximum atomic E-state index is 12.8. The van der Waals surface area contributed by atoms with Gasteiger partial charge in [-0.2, -0.15) is 0 Å². The van der Waals surface area contributed by atoms with Gasteiger partial charge in [-0.15, -0.1) is 11.3 Å². The van der Waals surface area contributed by atoms with Crippen LogP contribution < -0.4 is 4.74 Å². The summed E-state index contributed by atoms with van der Waals surface area (Å²) in [5, 5.41) is 2.12. The number of halogens is 2. The van der Waals surface area contributed by atoms with Crippen LogP contribution in [0.5, 0.6) is 5.75 Å². The number of carbonyl (C=O) groups is 1. The monoisotopic (exact) mass is 298 g/mol. The van der Waals surface area contributed by atoms with E-state index in [2.05, 4.69) is 0 Å². The summed E-state index contributed by atoms with van der Waals surface area (Å²) in [6.07, 6.45) is 1.03. The Balaban J connectivity index is 1.76. The summed E-state index contributed by atoms with van der Waals surface area (Å²) in [6.45, 7) is 0.377. The molecule has 2 rings (SSSR count). The number of carbonyl (C=O) groups excluding carboxylic acids is 1. The molecular weight excluding hydrogens is 287 g/mol. The van der Waals surface area contributed by atoms with Crippen LogP contribution in [0.4, 0.5) is 4.39 Å². The zero-order valence-electron chi connectivity index (χ0n) is 10.1.